The largest absolute Gasteiger partial charge is 0.499 e. The van der Waals surface area contributed by atoms with Crippen LogP contribution in [0.3, 0.4) is 0 Å². The third-order valence-electron chi connectivity index (χ3n) is 6.81. The summed E-state index contributed by atoms with van der Waals surface area (Å²) in [6, 6.07) is 23.4. The number of amides is 1. The van der Waals surface area contributed by atoms with Gasteiger partial charge in [-0.25, -0.2) is 4.98 Å². The number of methoxy groups -OCH3 is 1. The first-order valence-corrected chi connectivity index (χ1v) is 13.3. The molecule has 1 amide bonds. The van der Waals surface area contributed by atoms with E-state index >= 15 is 0 Å². The third-order valence-corrected chi connectivity index (χ3v) is 7.06. The van der Waals surface area contributed by atoms with Crippen LogP contribution in [-0.4, -0.2) is 34.0 Å². The zero-order chi connectivity index (χ0) is 27.9. The van der Waals surface area contributed by atoms with Gasteiger partial charge in [0.05, 0.1) is 42.2 Å². The Kier molecular flexibility index (Phi) is 8.99. The van der Waals surface area contributed by atoms with Crippen molar-refractivity contribution in [3.05, 3.63) is 130 Å². The molecule has 0 aliphatic carbocycles. The molecule has 3 aromatic carbocycles. The molecule has 200 valence electrons. The average molecular weight is 542 g/mol. The maximum absolute atomic E-state index is 14.3. The number of ether oxygens (including phenoxy) is 1. The van der Waals surface area contributed by atoms with Crippen molar-refractivity contribution in [1.29, 1.82) is 0 Å². The smallest absolute Gasteiger partial charge is 0.266 e. The van der Waals surface area contributed by atoms with E-state index in [1.165, 1.54) is 0 Å². The highest BCUT2D eigenvalue weighted by molar-refractivity contribution is 6.30. The number of allylic oxidation sites excluding steroid dienone is 2. The molecule has 0 fully saturated rings. The molecular formula is C32H32ClN3O3. The van der Waals surface area contributed by atoms with Gasteiger partial charge in [-0.2, -0.15) is 0 Å². The van der Waals surface area contributed by atoms with Crippen molar-refractivity contribution in [2.75, 3.05) is 13.7 Å². The molecule has 0 spiro atoms. The van der Waals surface area contributed by atoms with Crippen LogP contribution >= 0.6 is 11.6 Å². The van der Waals surface area contributed by atoms with Gasteiger partial charge in [-0.1, -0.05) is 73.6 Å². The van der Waals surface area contributed by atoms with Crippen LogP contribution in [0.1, 0.15) is 43.6 Å². The molecule has 7 heteroatoms. The second-order valence-corrected chi connectivity index (χ2v) is 9.63. The van der Waals surface area contributed by atoms with Crippen molar-refractivity contribution >= 4 is 28.4 Å². The average Bonchev–Trinajstić information content (AvgIpc) is 2.96. The van der Waals surface area contributed by atoms with E-state index in [0.717, 1.165) is 5.56 Å². The Balaban J connectivity index is 1.92. The number of nitrogens with zero attached hydrogens (tertiary/aromatic N) is 3. The molecule has 2 atom stereocenters. The second kappa shape index (κ2) is 12.6. The van der Waals surface area contributed by atoms with Gasteiger partial charge in [0.1, 0.15) is 11.6 Å². The molecule has 0 N–H and O–H groups in total. The Labute approximate surface area is 233 Å². The van der Waals surface area contributed by atoms with Crippen LogP contribution in [0.4, 0.5) is 0 Å². The van der Waals surface area contributed by atoms with E-state index in [-0.39, 0.29) is 23.9 Å². The molecule has 4 rings (SSSR count). The molecule has 1 heterocycles. The molecule has 39 heavy (non-hydrogen) atoms. The second-order valence-electron chi connectivity index (χ2n) is 9.19. The molecule has 6 nitrogen and oxygen atoms in total. The van der Waals surface area contributed by atoms with E-state index in [2.05, 4.69) is 6.58 Å². The quantitative estimate of drug-likeness (QED) is 0.163. The van der Waals surface area contributed by atoms with Gasteiger partial charge in [-0.3, -0.25) is 14.2 Å². The number of carbonyl (C=O) groups is 1. The minimum atomic E-state index is -0.591. The first kappa shape index (κ1) is 27.9. The van der Waals surface area contributed by atoms with Crippen LogP contribution in [-0.2, 0) is 9.53 Å². The van der Waals surface area contributed by atoms with Crippen molar-refractivity contribution in [1.82, 2.24) is 14.5 Å². The van der Waals surface area contributed by atoms with Crippen LogP contribution in [0, 0.1) is 0 Å². The minimum Gasteiger partial charge on any atom is -0.499 e. The third kappa shape index (κ3) is 5.96. The normalized spacial score (nSPS) is 13.1. The molecule has 0 aliphatic rings. The first-order valence-electron chi connectivity index (χ1n) is 12.9. The standard InChI is InChI=1S/C32H32ClN3O3/c1-5-12-26(39-4)21-35(31(37)27(6-2)23-13-8-7-9-14-23)22(3)30-34-29-16-11-10-15-28(29)32(38)36(30)25-19-17-24(33)18-20-25/h5,7-20,22,27H,1,6,21H2,2-4H3/b26-12-. The lowest BCUT2D eigenvalue weighted by Crippen LogP contribution is -2.41. The fourth-order valence-electron chi connectivity index (χ4n) is 4.74. The maximum atomic E-state index is 14.3. The summed E-state index contributed by atoms with van der Waals surface area (Å²) in [6.07, 6.45) is 3.96. The van der Waals surface area contributed by atoms with E-state index in [9.17, 15) is 9.59 Å². The summed E-state index contributed by atoms with van der Waals surface area (Å²) in [5.41, 5.74) is 1.88. The van der Waals surface area contributed by atoms with Crippen molar-refractivity contribution in [2.45, 2.75) is 32.2 Å². The fourth-order valence-corrected chi connectivity index (χ4v) is 4.86. The monoisotopic (exact) mass is 541 g/mol. The van der Waals surface area contributed by atoms with Crippen LogP contribution in [0.15, 0.2) is 108 Å². The van der Waals surface area contributed by atoms with Gasteiger partial charge in [-0.05, 0) is 61.4 Å². The molecule has 0 aliphatic heterocycles. The predicted molar refractivity (Wildman–Crippen MR) is 157 cm³/mol. The van der Waals surface area contributed by atoms with Gasteiger partial charge >= 0.3 is 0 Å². The molecule has 0 saturated heterocycles. The Morgan fingerprint density at radius 1 is 1.08 bits per heavy atom. The molecular weight excluding hydrogens is 510 g/mol. The van der Waals surface area contributed by atoms with Crippen LogP contribution in [0.25, 0.3) is 16.6 Å². The number of aromatic nitrogens is 2. The minimum absolute atomic E-state index is 0.0896. The molecule has 2 unspecified atom stereocenters. The Hall–Kier alpha value is -4.16. The van der Waals surface area contributed by atoms with Crippen molar-refractivity contribution in [2.24, 2.45) is 0 Å². The van der Waals surface area contributed by atoms with Gasteiger partial charge < -0.3 is 9.64 Å². The summed E-state index contributed by atoms with van der Waals surface area (Å²) >= 11 is 6.16. The number of carbonyl (C=O) groups excluding carboxylic acids is 1. The van der Waals surface area contributed by atoms with E-state index in [1.54, 1.807) is 59.1 Å². The molecule has 4 aromatic rings. The number of fused-ring (bicyclic) bond motifs is 1. The Morgan fingerprint density at radius 2 is 1.74 bits per heavy atom. The van der Waals surface area contributed by atoms with Crippen molar-refractivity contribution in [3.8, 4) is 5.69 Å². The molecule has 0 bridgehead atoms. The Morgan fingerprint density at radius 3 is 2.38 bits per heavy atom. The molecule has 0 radical (unpaired) electrons. The van der Waals surface area contributed by atoms with E-state index in [0.29, 0.717) is 39.6 Å². The predicted octanol–water partition coefficient (Wildman–Crippen LogP) is 6.84. The first-order chi connectivity index (χ1) is 18.9. The van der Waals surface area contributed by atoms with E-state index < -0.39 is 6.04 Å². The zero-order valence-corrected chi connectivity index (χ0v) is 23.1. The van der Waals surface area contributed by atoms with Crippen LogP contribution < -0.4 is 5.56 Å². The summed E-state index contributed by atoms with van der Waals surface area (Å²) in [7, 11) is 1.56. The number of para-hydroxylation sites is 1. The summed E-state index contributed by atoms with van der Waals surface area (Å²) in [5.74, 6) is 0.528. The SMILES string of the molecule is C=C/C=C(/CN(C(=O)C(CC)c1ccccc1)C(C)c1nc2ccccc2c(=O)n1-c1ccc(Cl)cc1)OC. The van der Waals surface area contributed by atoms with Gasteiger partial charge in [0.2, 0.25) is 5.91 Å². The zero-order valence-electron chi connectivity index (χ0n) is 22.4. The fraction of sp³-hybridized carbons (Fsp3) is 0.219. The topological polar surface area (TPSA) is 64.4 Å². The van der Waals surface area contributed by atoms with Crippen molar-refractivity contribution < 1.29 is 9.53 Å². The number of rotatable bonds is 10. The van der Waals surface area contributed by atoms with Crippen LogP contribution in [0.2, 0.25) is 5.02 Å². The van der Waals surface area contributed by atoms with E-state index in [1.807, 2.05) is 62.4 Å². The number of hydrogen-bond acceptors (Lipinski definition) is 4. The highest BCUT2D eigenvalue weighted by atomic mass is 35.5. The molecule has 0 saturated carbocycles. The number of hydrogen-bond donors (Lipinski definition) is 0. The lowest BCUT2D eigenvalue weighted by Gasteiger charge is -2.33. The lowest BCUT2D eigenvalue weighted by molar-refractivity contribution is -0.135. The van der Waals surface area contributed by atoms with Gasteiger partial charge in [0, 0.05) is 5.02 Å². The highest BCUT2D eigenvalue weighted by Crippen LogP contribution is 2.30. The summed E-state index contributed by atoms with van der Waals surface area (Å²) in [6.45, 7) is 7.84. The summed E-state index contributed by atoms with van der Waals surface area (Å²) < 4.78 is 7.16. The maximum Gasteiger partial charge on any atom is 0.266 e. The highest BCUT2D eigenvalue weighted by Gasteiger charge is 2.32. The van der Waals surface area contributed by atoms with Gasteiger partial charge in [-0.15, -0.1) is 0 Å². The Bertz CT molecular complexity index is 1540. The number of halogens is 1. The molecule has 1 aromatic heterocycles. The van der Waals surface area contributed by atoms with Crippen LogP contribution in [0.5, 0.6) is 0 Å². The lowest BCUT2D eigenvalue weighted by atomic mass is 9.94. The summed E-state index contributed by atoms with van der Waals surface area (Å²) in [4.78, 5) is 34.8. The number of benzene rings is 3. The van der Waals surface area contributed by atoms with Gasteiger partial charge in [0.25, 0.3) is 5.56 Å². The summed E-state index contributed by atoms with van der Waals surface area (Å²) in [5, 5.41) is 1.04. The van der Waals surface area contributed by atoms with Gasteiger partial charge in [0.15, 0.2) is 0 Å². The van der Waals surface area contributed by atoms with Crippen molar-refractivity contribution in [3.63, 3.8) is 0 Å². The van der Waals surface area contributed by atoms with E-state index in [4.69, 9.17) is 21.3 Å².